The number of thiol groups is 1. The predicted octanol–water partition coefficient (Wildman–Crippen LogP) is 11.2. The van der Waals surface area contributed by atoms with E-state index < -0.39 is 0 Å². The Morgan fingerprint density at radius 3 is 1.29 bits per heavy atom. The standard InChI is InChI=1S/C12H12N2S2.C7H6N2S.C6H7NS.4C2H6/c13-9-5-1-3-7-11(9)15-16-12-8-4-2-6-10(12)14;8-7-9-5-3-1-2-4-6(5)10-7;7-5-3-1-2-4-6(5)8;4*1-2/h1-8H,13-14H2;1-4H,(H2,8,9);1-4,8H,7H2;4*1-2H3. The maximum atomic E-state index is 5.86. The van der Waals surface area contributed by atoms with Gasteiger partial charge < -0.3 is 22.9 Å². The molecule has 0 saturated heterocycles. The maximum Gasteiger partial charge on any atom is 0.181 e. The lowest BCUT2D eigenvalue weighted by molar-refractivity contribution is 1.46. The van der Waals surface area contributed by atoms with Gasteiger partial charge in [-0.3, -0.25) is 0 Å². The SMILES string of the molecule is CC.CC.CC.CC.Nc1ccccc1S.Nc1ccccc1SSc1ccccc1N.Nc1nc2ccccc2s1. The first-order chi connectivity index (χ1) is 20.4. The Hall–Kier alpha value is -2.98. The zero-order chi connectivity index (χ0) is 32.3. The van der Waals surface area contributed by atoms with Crippen LogP contribution in [-0.4, -0.2) is 4.98 Å². The van der Waals surface area contributed by atoms with Gasteiger partial charge in [-0.25, -0.2) is 4.98 Å². The largest absolute Gasteiger partial charge is 0.398 e. The van der Waals surface area contributed by atoms with Crippen LogP contribution in [0.1, 0.15) is 55.4 Å². The molecule has 5 rings (SSSR count). The van der Waals surface area contributed by atoms with Crippen LogP contribution in [0, 0.1) is 0 Å². The van der Waals surface area contributed by atoms with Crippen molar-refractivity contribution in [2.75, 3.05) is 22.9 Å². The number of fused-ring (bicyclic) bond motifs is 1. The molecule has 1 aromatic heterocycles. The van der Waals surface area contributed by atoms with Gasteiger partial charge in [-0.05, 0) is 48.5 Å². The fourth-order valence-electron chi connectivity index (χ4n) is 2.58. The van der Waals surface area contributed by atoms with Crippen molar-refractivity contribution >= 4 is 78.0 Å². The van der Waals surface area contributed by atoms with Crippen molar-refractivity contribution in [3.05, 3.63) is 97.1 Å². The van der Waals surface area contributed by atoms with Crippen molar-refractivity contribution in [2.24, 2.45) is 0 Å². The van der Waals surface area contributed by atoms with Crippen LogP contribution < -0.4 is 22.9 Å². The van der Waals surface area contributed by atoms with Crippen molar-refractivity contribution in [3.8, 4) is 0 Å². The van der Waals surface area contributed by atoms with Gasteiger partial charge >= 0.3 is 0 Å². The van der Waals surface area contributed by atoms with Crippen LogP contribution >= 0.6 is 45.6 Å². The molecule has 5 nitrogen and oxygen atoms in total. The Morgan fingerprint density at radius 1 is 0.524 bits per heavy atom. The molecular weight excluding hydrogens is 595 g/mol. The van der Waals surface area contributed by atoms with Crippen molar-refractivity contribution < 1.29 is 0 Å². The van der Waals surface area contributed by atoms with E-state index >= 15 is 0 Å². The average molecular weight is 644 g/mol. The van der Waals surface area contributed by atoms with Gasteiger partial charge in [0.15, 0.2) is 5.13 Å². The molecule has 0 bridgehead atoms. The summed E-state index contributed by atoms with van der Waals surface area (Å²) in [6.45, 7) is 16.0. The van der Waals surface area contributed by atoms with Gasteiger partial charge in [-0.2, -0.15) is 0 Å². The van der Waals surface area contributed by atoms with E-state index in [1.54, 1.807) is 21.6 Å². The van der Waals surface area contributed by atoms with E-state index in [4.69, 9.17) is 22.9 Å². The zero-order valence-electron chi connectivity index (χ0n) is 26.2. The Balaban J connectivity index is 0. The van der Waals surface area contributed by atoms with E-state index in [0.717, 1.165) is 42.0 Å². The number of anilines is 4. The number of para-hydroxylation sites is 4. The lowest BCUT2D eigenvalue weighted by Crippen LogP contribution is -1.87. The predicted molar refractivity (Wildman–Crippen MR) is 201 cm³/mol. The zero-order valence-corrected chi connectivity index (χ0v) is 29.5. The normalized spacial score (nSPS) is 8.69. The van der Waals surface area contributed by atoms with Crippen LogP contribution in [0.3, 0.4) is 0 Å². The Kier molecular flexibility index (Phi) is 26.3. The Labute approximate surface area is 271 Å². The molecule has 0 atom stereocenters. The smallest absolute Gasteiger partial charge is 0.181 e. The minimum atomic E-state index is 0.640. The number of rotatable bonds is 3. The molecule has 0 aliphatic rings. The van der Waals surface area contributed by atoms with Gasteiger partial charge in [0.2, 0.25) is 0 Å². The van der Waals surface area contributed by atoms with Gasteiger partial charge in [-0.1, -0.05) is 137 Å². The fraction of sp³-hybridized carbons (Fsp3) is 0.242. The van der Waals surface area contributed by atoms with Crippen molar-refractivity contribution in [1.82, 2.24) is 4.98 Å². The van der Waals surface area contributed by atoms with E-state index in [9.17, 15) is 0 Å². The molecule has 42 heavy (non-hydrogen) atoms. The fourth-order valence-corrected chi connectivity index (χ4v) is 5.70. The first-order valence-corrected chi connectivity index (χ1v) is 17.5. The van der Waals surface area contributed by atoms with Crippen LogP contribution in [0.2, 0.25) is 0 Å². The molecular formula is C33H49N5S4. The molecule has 1 heterocycles. The summed E-state index contributed by atoms with van der Waals surface area (Å²) < 4.78 is 1.15. The second-order valence-electron chi connectivity index (χ2n) is 6.82. The molecule has 0 aliphatic heterocycles. The lowest BCUT2D eigenvalue weighted by atomic mass is 10.3. The van der Waals surface area contributed by atoms with E-state index in [-0.39, 0.29) is 0 Å². The molecule has 4 aromatic carbocycles. The first kappa shape index (κ1) is 41.2. The van der Waals surface area contributed by atoms with Gasteiger partial charge in [-0.15, -0.1) is 12.6 Å². The molecule has 0 unspecified atom stereocenters. The van der Waals surface area contributed by atoms with Crippen LogP contribution in [0.4, 0.5) is 22.2 Å². The van der Waals surface area contributed by atoms with Crippen molar-refractivity contribution in [2.45, 2.75) is 70.1 Å². The number of nitrogens with two attached hydrogens (primary N) is 4. The van der Waals surface area contributed by atoms with Crippen molar-refractivity contribution in [3.63, 3.8) is 0 Å². The number of nitrogen functional groups attached to an aromatic ring is 4. The number of hydrogen-bond acceptors (Lipinski definition) is 9. The van der Waals surface area contributed by atoms with Gasteiger partial charge in [0, 0.05) is 31.7 Å². The summed E-state index contributed by atoms with van der Waals surface area (Å²) in [6.07, 6.45) is 0. The third-order valence-electron chi connectivity index (χ3n) is 4.31. The molecule has 230 valence electrons. The molecule has 0 spiro atoms. The molecule has 0 aliphatic carbocycles. The monoisotopic (exact) mass is 643 g/mol. The quantitative estimate of drug-likeness (QED) is 0.0754. The third kappa shape index (κ3) is 16.5. The topological polar surface area (TPSA) is 117 Å². The highest BCUT2D eigenvalue weighted by Crippen LogP contribution is 2.41. The molecule has 9 heteroatoms. The summed E-state index contributed by atoms with van der Waals surface area (Å²) >= 11 is 5.59. The lowest BCUT2D eigenvalue weighted by Gasteiger charge is -2.05. The van der Waals surface area contributed by atoms with Crippen LogP contribution in [0.5, 0.6) is 0 Å². The summed E-state index contributed by atoms with van der Waals surface area (Å²) in [7, 11) is 3.25. The Morgan fingerprint density at radius 2 is 0.905 bits per heavy atom. The minimum Gasteiger partial charge on any atom is -0.398 e. The van der Waals surface area contributed by atoms with Crippen molar-refractivity contribution in [1.29, 1.82) is 0 Å². The second kappa shape index (κ2) is 26.9. The Bertz CT molecular complexity index is 1240. The van der Waals surface area contributed by atoms with E-state index in [2.05, 4.69) is 17.6 Å². The van der Waals surface area contributed by atoms with Crippen LogP contribution in [-0.2, 0) is 0 Å². The van der Waals surface area contributed by atoms with Crippen LogP contribution in [0.15, 0.2) is 112 Å². The number of aromatic nitrogens is 1. The van der Waals surface area contributed by atoms with Gasteiger partial charge in [0.1, 0.15) is 0 Å². The third-order valence-corrected chi connectivity index (χ3v) is 8.09. The molecule has 5 aromatic rings. The molecule has 0 fully saturated rings. The highest BCUT2D eigenvalue weighted by atomic mass is 33.1. The minimum absolute atomic E-state index is 0.640. The maximum absolute atomic E-state index is 5.86. The summed E-state index contributed by atoms with van der Waals surface area (Å²) in [5, 5.41) is 0.640. The highest BCUT2D eigenvalue weighted by Gasteiger charge is 2.03. The summed E-state index contributed by atoms with van der Waals surface area (Å²) in [5.41, 5.74) is 26.0. The molecule has 0 amide bonds. The first-order valence-electron chi connectivity index (χ1n) is 14.1. The van der Waals surface area contributed by atoms with E-state index in [1.165, 1.54) is 11.3 Å². The second-order valence-corrected chi connectivity index (χ2v) is 10.6. The number of hydrogen-bond donors (Lipinski definition) is 5. The number of thiazole rings is 1. The van der Waals surface area contributed by atoms with Crippen LogP contribution in [0.25, 0.3) is 10.2 Å². The average Bonchev–Trinajstić information content (AvgIpc) is 3.44. The van der Waals surface area contributed by atoms with Gasteiger partial charge in [0.05, 0.1) is 10.2 Å². The van der Waals surface area contributed by atoms with Gasteiger partial charge in [0.25, 0.3) is 0 Å². The molecule has 0 radical (unpaired) electrons. The summed E-state index contributed by atoms with van der Waals surface area (Å²) in [5.74, 6) is 0. The highest BCUT2D eigenvalue weighted by molar-refractivity contribution is 8.76. The van der Waals surface area contributed by atoms with E-state index in [1.807, 2.05) is 152 Å². The summed E-state index contributed by atoms with van der Waals surface area (Å²) in [6, 6.07) is 31.0. The number of benzene rings is 4. The number of nitrogens with zero attached hydrogens (tertiary/aromatic N) is 1. The summed E-state index contributed by atoms with van der Waals surface area (Å²) in [4.78, 5) is 7.08. The molecule has 8 N–H and O–H groups in total. The van der Waals surface area contributed by atoms with E-state index in [0.29, 0.717) is 5.13 Å². The molecule has 0 saturated carbocycles.